The zero-order valence-corrected chi connectivity index (χ0v) is 15.8. The fourth-order valence-corrected chi connectivity index (χ4v) is 2.89. The quantitative estimate of drug-likeness (QED) is 0.822. The molecule has 0 fully saturated rings. The summed E-state index contributed by atoms with van der Waals surface area (Å²) >= 11 is 0. The van der Waals surface area contributed by atoms with Crippen LogP contribution in [0, 0.1) is 0 Å². The number of hydrogen-bond donors (Lipinski definition) is 1. The Hall–Kier alpha value is -2.82. The molecule has 0 saturated carbocycles. The van der Waals surface area contributed by atoms with Gasteiger partial charge in [-0.1, -0.05) is 38.1 Å². The molecule has 2 rings (SSSR count). The molecule has 0 atom stereocenters. The molecule has 2 aromatic rings. The first-order chi connectivity index (χ1) is 12.5. The molecule has 0 unspecified atom stereocenters. The third-order valence-electron chi connectivity index (χ3n) is 4.31. The highest BCUT2D eigenvalue weighted by molar-refractivity contribution is 6.02. The average molecular weight is 354 g/mol. The Kier molecular flexibility index (Phi) is 6.78. The van der Waals surface area contributed by atoms with E-state index >= 15 is 0 Å². The van der Waals surface area contributed by atoms with Crippen LogP contribution in [-0.4, -0.2) is 25.5 Å². The molecule has 0 heterocycles. The monoisotopic (exact) mass is 354 g/mol. The maximum absolute atomic E-state index is 12.7. The number of carbonyl (C=O) groups is 2. The number of nitrogens with zero attached hydrogens (tertiary/aromatic N) is 1. The van der Waals surface area contributed by atoms with Gasteiger partial charge >= 0.3 is 0 Å². The third kappa shape index (κ3) is 4.63. The van der Waals surface area contributed by atoms with Gasteiger partial charge < -0.3 is 15.0 Å². The summed E-state index contributed by atoms with van der Waals surface area (Å²) < 4.78 is 5.21. The highest BCUT2D eigenvalue weighted by atomic mass is 16.5. The van der Waals surface area contributed by atoms with Gasteiger partial charge in [0, 0.05) is 24.4 Å². The van der Waals surface area contributed by atoms with Gasteiger partial charge in [-0.05, 0) is 36.1 Å². The first-order valence-corrected chi connectivity index (χ1v) is 8.82. The Morgan fingerprint density at radius 1 is 1.04 bits per heavy atom. The number of amides is 2. The highest BCUT2D eigenvalue weighted by Crippen LogP contribution is 2.24. The lowest BCUT2D eigenvalue weighted by Crippen LogP contribution is -2.37. The van der Waals surface area contributed by atoms with Crippen molar-refractivity contribution < 1.29 is 14.3 Å². The summed E-state index contributed by atoms with van der Waals surface area (Å²) in [7, 11) is 1.57. The van der Waals surface area contributed by atoms with Gasteiger partial charge in [-0.15, -0.1) is 0 Å². The number of aryl methyl sites for hydroxylation is 2. The predicted octanol–water partition coefficient (Wildman–Crippen LogP) is 3.81. The summed E-state index contributed by atoms with van der Waals surface area (Å²) in [6.07, 6.45) is 1.66. The number of methoxy groups -OCH3 is 1. The summed E-state index contributed by atoms with van der Waals surface area (Å²) in [6.45, 7) is 5.51. The lowest BCUT2D eigenvalue weighted by atomic mass is 10.0. The predicted molar refractivity (Wildman–Crippen MR) is 105 cm³/mol. The number of nitrogens with one attached hydrogen (secondary N) is 1. The number of hydrogen-bond acceptors (Lipinski definition) is 3. The Labute approximate surface area is 155 Å². The molecule has 26 heavy (non-hydrogen) atoms. The van der Waals surface area contributed by atoms with Crippen molar-refractivity contribution in [3.63, 3.8) is 0 Å². The van der Waals surface area contributed by atoms with Crippen LogP contribution >= 0.6 is 0 Å². The second-order valence-electron chi connectivity index (χ2n) is 6.01. The molecule has 0 spiro atoms. The maximum atomic E-state index is 12.7. The molecule has 0 radical (unpaired) electrons. The summed E-state index contributed by atoms with van der Waals surface area (Å²) in [4.78, 5) is 26.2. The molecule has 0 aliphatic heterocycles. The van der Waals surface area contributed by atoms with Gasteiger partial charge in [-0.3, -0.25) is 9.59 Å². The summed E-state index contributed by atoms with van der Waals surface area (Å²) in [5.74, 6) is 0.213. The molecular formula is C21H26N2O3. The van der Waals surface area contributed by atoms with Crippen LogP contribution in [0.15, 0.2) is 42.5 Å². The Morgan fingerprint density at radius 3 is 2.19 bits per heavy atom. The van der Waals surface area contributed by atoms with E-state index in [0.717, 1.165) is 29.7 Å². The molecule has 0 bridgehead atoms. The molecule has 0 saturated heterocycles. The molecule has 0 aliphatic rings. The van der Waals surface area contributed by atoms with Crippen LogP contribution in [-0.2, 0) is 22.4 Å². The standard InChI is InChI=1S/C21H26N2O3/c1-5-16-9-7-10-17(6-2)21(16)22-20(25)14-23(15(3)24)18-11-8-12-19(13-18)26-4/h7-13H,5-6,14H2,1-4H3,(H,22,25). The molecule has 2 amide bonds. The van der Waals surface area contributed by atoms with Crippen molar-refractivity contribution in [3.8, 4) is 5.75 Å². The van der Waals surface area contributed by atoms with Crippen molar-refractivity contribution in [2.24, 2.45) is 0 Å². The lowest BCUT2D eigenvalue weighted by molar-refractivity contribution is -0.120. The summed E-state index contributed by atoms with van der Waals surface area (Å²) in [5.41, 5.74) is 3.67. The first-order valence-electron chi connectivity index (χ1n) is 8.82. The SMILES string of the molecule is CCc1cccc(CC)c1NC(=O)CN(C(C)=O)c1cccc(OC)c1. The van der Waals surface area contributed by atoms with Gasteiger partial charge in [-0.2, -0.15) is 0 Å². The van der Waals surface area contributed by atoms with Crippen molar-refractivity contribution in [1.29, 1.82) is 0 Å². The molecule has 5 heteroatoms. The van der Waals surface area contributed by atoms with Crippen molar-refractivity contribution >= 4 is 23.2 Å². The van der Waals surface area contributed by atoms with Gasteiger partial charge in [0.1, 0.15) is 12.3 Å². The average Bonchev–Trinajstić information content (AvgIpc) is 2.66. The first kappa shape index (κ1) is 19.5. The summed E-state index contributed by atoms with van der Waals surface area (Å²) in [6, 6.07) is 13.2. The number of para-hydroxylation sites is 1. The molecule has 2 aromatic carbocycles. The molecular weight excluding hydrogens is 328 g/mol. The molecule has 0 aliphatic carbocycles. The van der Waals surface area contributed by atoms with Crippen LogP contribution in [0.25, 0.3) is 0 Å². The van der Waals surface area contributed by atoms with Gasteiger partial charge in [0.25, 0.3) is 0 Å². The molecule has 1 N–H and O–H groups in total. The molecule has 138 valence electrons. The lowest BCUT2D eigenvalue weighted by Gasteiger charge is -2.22. The van der Waals surface area contributed by atoms with Crippen LogP contribution in [0.2, 0.25) is 0 Å². The van der Waals surface area contributed by atoms with Gasteiger partial charge in [0.15, 0.2) is 0 Å². The Morgan fingerprint density at radius 2 is 1.65 bits per heavy atom. The van der Waals surface area contributed by atoms with Gasteiger partial charge in [-0.25, -0.2) is 0 Å². The van der Waals surface area contributed by atoms with Gasteiger partial charge in [0.2, 0.25) is 11.8 Å². The minimum atomic E-state index is -0.224. The van der Waals surface area contributed by atoms with Crippen LogP contribution in [0.5, 0.6) is 5.75 Å². The Balaban J connectivity index is 2.23. The number of anilines is 2. The smallest absolute Gasteiger partial charge is 0.244 e. The van der Waals surface area contributed by atoms with Crippen LogP contribution in [0.4, 0.5) is 11.4 Å². The second kappa shape index (κ2) is 9.04. The summed E-state index contributed by atoms with van der Waals surface area (Å²) in [5, 5.41) is 3.00. The topological polar surface area (TPSA) is 58.6 Å². The zero-order valence-electron chi connectivity index (χ0n) is 15.8. The van der Waals surface area contributed by atoms with Crippen molar-refractivity contribution in [2.75, 3.05) is 23.9 Å². The number of carbonyl (C=O) groups excluding carboxylic acids is 2. The van der Waals surface area contributed by atoms with Crippen molar-refractivity contribution in [3.05, 3.63) is 53.6 Å². The molecule has 5 nitrogen and oxygen atoms in total. The van der Waals surface area contributed by atoms with E-state index < -0.39 is 0 Å². The van der Waals surface area contributed by atoms with Crippen molar-refractivity contribution in [2.45, 2.75) is 33.6 Å². The fraction of sp³-hybridized carbons (Fsp3) is 0.333. The van der Waals surface area contributed by atoms with E-state index in [-0.39, 0.29) is 18.4 Å². The van der Waals surface area contributed by atoms with E-state index in [1.807, 2.05) is 18.2 Å². The third-order valence-corrected chi connectivity index (χ3v) is 4.31. The van der Waals surface area contributed by atoms with Gasteiger partial charge in [0.05, 0.1) is 7.11 Å². The van der Waals surface area contributed by atoms with Crippen LogP contribution in [0.3, 0.4) is 0 Å². The van der Waals surface area contributed by atoms with Crippen LogP contribution in [0.1, 0.15) is 31.9 Å². The minimum Gasteiger partial charge on any atom is -0.497 e. The Bertz CT molecular complexity index is 764. The highest BCUT2D eigenvalue weighted by Gasteiger charge is 2.18. The number of benzene rings is 2. The van der Waals surface area contributed by atoms with E-state index in [4.69, 9.17) is 4.74 Å². The normalized spacial score (nSPS) is 10.3. The maximum Gasteiger partial charge on any atom is 0.244 e. The van der Waals surface area contributed by atoms with E-state index in [9.17, 15) is 9.59 Å². The van der Waals surface area contributed by atoms with E-state index in [2.05, 4.69) is 19.2 Å². The molecule has 0 aromatic heterocycles. The second-order valence-corrected chi connectivity index (χ2v) is 6.01. The fourth-order valence-electron chi connectivity index (χ4n) is 2.89. The van der Waals surface area contributed by atoms with E-state index in [0.29, 0.717) is 11.4 Å². The minimum absolute atomic E-state index is 0.0519. The van der Waals surface area contributed by atoms with E-state index in [1.54, 1.807) is 31.4 Å². The van der Waals surface area contributed by atoms with E-state index in [1.165, 1.54) is 11.8 Å². The number of rotatable bonds is 7. The zero-order chi connectivity index (χ0) is 19.1. The van der Waals surface area contributed by atoms with Crippen molar-refractivity contribution in [1.82, 2.24) is 0 Å². The van der Waals surface area contributed by atoms with Crippen LogP contribution < -0.4 is 15.0 Å². The largest absolute Gasteiger partial charge is 0.497 e. The number of ether oxygens (including phenoxy) is 1.